The summed E-state index contributed by atoms with van der Waals surface area (Å²) in [4.78, 5) is 28.5. The molecule has 0 saturated heterocycles. The van der Waals surface area contributed by atoms with Crippen LogP contribution in [-0.2, 0) is 9.53 Å². The fourth-order valence-corrected chi connectivity index (χ4v) is 2.79. The molecule has 0 saturated carbocycles. The van der Waals surface area contributed by atoms with Crippen molar-refractivity contribution < 1.29 is 14.3 Å². The predicted molar refractivity (Wildman–Crippen MR) is 85.2 cm³/mol. The number of Topliss-reactive ketones (excluding diaryl/α,β-unsaturated/α-hetero) is 1. The van der Waals surface area contributed by atoms with Gasteiger partial charge in [0.1, 0.15) is 18.1 Å². The number of benzene rings is 1. The molecule has 1 N–H and O–H groups in total. The molecule has 120 valence electrons. The molecule has 23 heavy (non-hydrogen) atoms. The van der Waals surface area contributed by atoms with E-state index >= 15 is 0 Å². The topological polar surface area (TPSA) is 73.2 Å². The van der Waals surface area contributed by atoms with Crippen molar-refractivity contribution in [2.45, 2.75) is 19.4 Å². The maximum absolute atomic E-state index is 12.1. The van der Waals surface area contributed by atoms with Crippen molar-refractivity contribution >= 4 is 11.7 Å². The molecule has 3 rings (SSSR count). The number of amides is 1. The van der Waals surface area contributed by atoms with E-state index in [0.29, 0.717) is 31.1 Å². The van der Waals surface area contributed by atoms with E-state index < -0.39 is 0 Å². The van der Waals surface area contributed by atoms with Gasteiger partial charge in [0, 0.05) is 25.1 Å². The first-order valence-electron chi connectivity index (χ1n) is 7.71. The van der Waals surface area contributed by atoms with E-state index in [1.807, 2.05) is 41.8 Å². The Hall–Kier alpha value is -2.47. The Morgan fingerprint density at radius 2 is 2.17 bits per heavy atom. The van der Waals surface area contributed by atoms with E-state index in [1.165, 1.54) is 0 Å². The first-order valence-corrected chi connectivity index (χ1v) is 7.71. The second-order valence-electron chi connectivity index (χ2n) is 5.45. The molecule has 1 aliphatic rings. The van der Waals surface area contributed by atoms with Gasteiger partial charge in [-0.3, -0.25) is 9.59 Å². The molecule has 0 radical (unpaired) electrons. The number of carbonyl (C=O) groups excluding carboxylic acids is 2. The number of ether oxygens (including phenoxy) is 1. The average Bonchev–Trinajstić information content (AvgIpc) is 3.02. The highest BCUT2D eigenvalue weighted by molar-refractivity contribution is 5.94. The summed E-state index contributed by atoms with van der Waals surface area (Å²) in [5.74, 6) is 0.574. The molecule has 2 heterocycles. The molecule has 0 aliphatic carbocycles. The summed E-state index contributed by atoms with van der Waals surface area (Å²) in [5, 5.41) is 2.82. The highest BCUT2D eigenvalue weighted by Crippen LogP contribution is 2.27. The number of hydrogen-bond donors (Lipinski definition) is 1. The molecule has 1 aromatic carbocycles. The SMILES string of the molecule is CCOCC(=O)CC1CNC(=O)c2cnc(-c3ccccc3)n21. The highest BCUT2D eigenvalue weighted by Gasteiger charge is 2.29. The minimum Gasteiger partial charge on any atom is -0.374 e. The lowest BCUT2D eigenvalue weighted by molar-refractivity contribution is -0.124. The van der Waals surface area contributed by atoms with Crippen LogP contribution in [-0.4, -0.2) is 41.0 Å². The number of ketones is 1. The maximum Gasteiger partial charge on any atom is 0.269 e. The van der Waals surface area contributed by atoms with E-state index in [9.17, 15) is 9.59 Å². The summed E-state index contributed by atoms with van der Waals surface area (Å²) in [6.07, 6.45) is 1.88. The zero-order valence-corrected chi connectivity index (χ0v) is 13.0. The van der Waals surface area contributed by atoms with Gasteiger partial charge >= 0.3 is 0 Å². The number of hydrogen-bond acceptors (Lipinski definition) is 4. The van der Waals surface area contributed by atoms with Crippen LogP contribution in [0.4, 0.5) is 0 Å². The molecule has 0 spiro atoms. The molecule has 0 fully saturated rings. The summed E-state index contributed by atoms with van der Waals surface area (Å²) >= 11 is 0. The summed E-state index contributed by atoms with van der Waals surface area (Å²) in [5.41, 5.74) is 1.42. The van der Waals surface area contributed by atoms with Crippen molar-refractivity contribution in [1.82, 2.24) is 14.9 Å². The lowest BCUT2D eigenvalue weighted by Gasteiger charge is -2.27. The number of nitrogens with one attached hydrogen (secondary N) is 1. The van der Waals surface area contributed by atoms with Crippen molar-refractivity contribution in [3.63, 3.8) is 0 Å². The van der Waals surface area contributed by atoms with Crippen LogP contribution in [0.3, 0.4) is 0 Å². The second kappa shape index (κ2) is 6.75. The standard InChI is InChI=1S/C17H19N3O3/c1-2-23-11-14(21)8-13-9-19-17(22)15-10-18-16(20(13)15)12-6-4-3-5-7-12/h3-7,10,13H,2,8-9,11H2,1H3,(H,19,22). The average molecular weight is 313 g/mol. The predicted octanol–water partition coefficient (Wildman–Crippen LogP) is 1.83. The first kappa shape index (κ1) is 15.4. The molecule has 1 aromatic heterocycles. The van der Waals surface area contributed by atoms with Gasteiger partial charge in [-0.15, -0.1) is 0 Å². The van der Waals surface area contributed by atoms with Gasteiger partial charge in [-0.2, -0.15) is 0 Å². The van der Waals surface area contributed by atoms with Crippen LogP contribution < -0.4 is 5.32 Å². The Morgan fingerprint density at radius 1 is 1.39 bits per heavy atom. The number of rotatable bonds is 6. The van der Waals surface area contributed by atoms with Gasteiger partial charge in [-0.25, -0.2) is 4.98 Å². The third-order valence-corrected chi connectivity index (χ3v) is 3.86. The van der Waals surface area contributed by atoms with Gasteiger partial charge in [0.2, 0.25) is 0 Å². The van der Waals surface area contributed by atoms with Crippen LogP contribution in [0.15, 0.2) is 36.5 Å². The Bertz CT molecular complexity index is 709. The number of carbonyl (C=O) groups is 2. The van der Waals surface area contributed by atoms with Gasteiger partial charge in [0.25, 0.3) is 5.91 Å². The number of fused-ring (bicyclic) bond motifs is 1. The van der Waals surface area contributed by atoms with Gasteiger partial charge in [0.05, 0.1) is 12.2 Å². The lowest BCUT2D eigenvalue weighted by atomic mass is 10.1. The third kappa shape index (κ3) is 3.17. The van der Waals surface area contributed by atoms with Crippen LogP contribution in [0, 0.1) is 0 Å². The van der Waals surface area contributed by atoms with E-state index in [0.717, 1.165) is 5.56 Å². The molecule has 6 nitrogen and oxygen atoms in total. The summed E-state index contributed by atoms with van der Waals surface area (Å²) in [6, 6.07) is 9.53. The van der Waals surface area contributed by atoms with Gasteiger partial charge < -0.3 is 14.6 Å². The van der Waals surface area contributed by atoms with Crippen molar-refractivity contribution in [2.75, 3.05) is 19.8 Å². The minimum atomic E-state index is -0.159. The first-order chi connectivity index (χ1) is 11.2. The fourth-order valence-electron chi connectivity index (χ4n) is 2.79. The van der Waals surface area contributed by atoms with Crippen LogP contribution in [0.1, 0.15) is 29.9 Å². The Kier molecular flexibility index (Phi) is 4.52. The van der Waals surface area contributed by atoms with Gasteiger partial charge in [-0.05, 0) is 6.92 Å². The number of imidazole rings is 1. The molecular weight excluding hydrogens is 294 g/mol. The molecule has 1 amide bonds. The zero-order valence-electron chi connectivity index (χ0n) is 13.0. The van der Waals surface area contributed by atoms with Crippen LogP contribution in [0.25, 0.3) is 11.4 Å². The fraction of sp³-hybridized carbons (Fsp3) is 0.353. The van der Waals surface area contributed by atoms with E-state index in [4.69, 9.17) is 4.74 Å². The number of aromatic nitrogens is 2. The largest absolute Gasteiger partial charge is 0.374 e. The molecular formula is C17H19N3O3. The van der Waals surface area contributed by atoms with Gasteiger partial charge in [0.15, 0.2) is 5.78 Å². The Morgan fingerprint density at radius 3 is 2.91 bits per heavy atom. The van der Waals surface area contributed by atoms with Crippen molar-refractivity contribution in [1.29, 1.82) is 0 Å². The van der Waals surface area contributed by atoms with E-state index in [2.05, 4.69) is 10.3 Å². The van der Waals surface area contributed by atoms with Crippen molar-refractivity contribution in [2.24, 2.45) is 0 Å². The molecule has 1 unspecified atom stereocenters. The monoisotopic (exact) mass is 313 g/mol. The maximum atomic E-state index is 12.1. The van der Waals surface area contributed by atoms with Gasteiger partial charge in [-0.1, -0.05) is 30.3 Å². The molecule has 6 heteroatoms. The Labute approximate surface area is 134 Å². The summed E-state index contributed by atoms with van der Waals surface area (Å²) in [6.45, 7) is 2.89. The zero-order chi connectivity index (χ0) is 16.2. The molecule has 0 bridgehead atoms. The lowest BCUT2D eigenvalue weighted by Crippen LogP contribution is -2.40. The smallest absolute Gasteiger partial charge is 0.269 e. The van der Waals surface area contributed by atoms with Crippen molar-refractivity contribution in [3.8, 4) is 11.4 Å². The third-order valence-electron chi connectivity index (χ3n) is 3.86. The van der Waals surface area contributed by atoms with Crippen LogP contribution >= 0.6 is 0 Å². The normalized spacial score (nSPS) is 16.7. The number of nitrogens with zero attached hydrogens (tertiary/aromatic N) is 2. The Balaban J connectivity index is 1.92. The van der Waals surface area contributed by atoms with E-state index in [-0.39, 0.29) is 24.3 Å². The van der Waals surface area contributed by atoms with E-state index in [1.54, 1.807) is 6.20 Å². The van der Waals surface area contributed by atoms with Crippen LogP contribution in [0.5, 0.6) is 0 Å². The quantitative estimate of drug-likeness (QED) is 0.883. The summed E-state index contributed by atoms with van der Waals surface area (Å²) in [7, 11) is 0. The second-order valence-corrected chi connectivity index (χ2v) is 5.45. The van der Waals surface area contributed by atoms with Crippen molar-refractivity contribution in [3.05, 3.63) is 42.2 Å². The molecule has 1 aliphatic heterocycles. The molecule has 1 atom stereocenters. The molecule has 2 aromatic rings. The highest BCUT2D eigenvalue weighted by atomic mass is 16.5. The minimum absolute atomic E-state index is 0.0201. The summed E-state index contributed by atoms with van der Waals surface area (Å²) < 4.78 is 7.05. The van der Waals surface area contributed by atoms with Crippen LogP contribution in [0.2, 0.25) is 0 Å².